The molecule has 1 aliphatic rings. The predicted molar refractivity (Wildman–Crippen MR) is 110 cm³/mol. The van der Waals surface area contributed by atoms with Gasteiger partial charge in [0.05, 0.1) is 12.3 Å². The van der Waals surface area contributed by atoms with Crippen LogP contribution in [0.1, 0.15) is 11.1 Å². The highest BCUT2D eigenvalue weighted by atomic mass is 32.2. The molecule has 3 rings (SSSR count). The van der Waals surface area contributed by atoms with E-state index in [4.69, 9.17) is 0 Å². The number of benzene rings is 2. The molecule has 0 atom stereocenters. The second-order valence-electron chi connectivity index (χ2n) is 7.15. The first kappa shape index (κ1) is 20.5. The SMILES string of the molecule is CN(Cc1ccccc1)C(=O)CN1CCN(S(=O)(=O)Cc2ccccc2)CC1. The van der Waals surface area contributed by atoms with E-state index in [1.165, 1.54) is 4.31 Å². The maximum atomic E-state index is 12.6. The number of hydrogen-bond acceptors (Lipinski definition) is 4. The van der Waals surface area contributed by atoms with E-state index in [0.717, 1.165) is 11.1 Å². The maximum absolute atomic E-state index is 12.6. The summed E-state index contributed by atoms with van der Waals surface area (Å²) in [5.74, 6) is 0.0662. The summed E-state index contributed by atoms with van der Waals surface area (Å²) in [7, 11) is -1.53. The third-order valence-corrected chi connectivity index (χ3v) is 6.81. The zero-order chi connectivity index (χ0) is 20.0. The van der Waals surface area contributed by atoms with E-state index in [1.54, 1.807) is 11.9 Å². The van der Waals surface area contributed by atoms with Gasteiger partial charge in [0, 0.05) is 39.8 Å². The summed E-state index contributed by atoms with van der Waals surface area (Å²) < 4.78 is 26.8. The fourth-order valence-electron chi connectivity index (χ4n) is 3.30. The van der Waals surface area contributed by atoms with Crippen LogP contribution in [0.2, 0.25) is 0 Å². The van der Waals surface area contributed by atoms with Gasteiger partial charge in [-0.25, -0.2) is 8.42 Å². The minimum Gasteiger partial charge on any atom is -0.340 e. The van der Waals surface area contributed by atoms with Gasteiger partial charge in [-0.05, 0) is 11.1 Å². The summed E-state index contributed by atoms with van der Waals surface area (Å²) in [6, 6.07) is 19.1. The van der Waals surface area contributed by atoms with Crippen molar-refractivity contribution in [2.24, 2.45) is 0 Å². The molecule has 28 heavy (non-hydrogen) atoms. The van der Waals surface area contributed by atoms with Crippen molar-refractivity contribution in [1.82, 2.24) is 14.1 Å². The summed E-state index contributed by atoms with van der Waals surface area (Å²) >= 11 is 0. The van der Waals surface area contributed by atoms with E-state index in [9.17, 15) is 13.2 Å². The molecule has 1 aliphatic heterocycles. The number of nitrogens with zero attached hydrogens (tertiary/aromatic N) is 3. The molecule has 1 heterocycles. The third-order valence-electron chi connectivity index (χ3n) is 4.96. The molecule has 0 N–H and O–H groups in total. The molecule has 2 aromatic rings. The molecule has 7 heteroatoms. The molecule has 1 saturated heterocycles. The topological polar surface area (TPSA) is 60.9 Å². The Bertz CT molecular complexity index is 864. The zero-order valence-electron chi connectivity index (χ0n) is 16.2. The van der Waals surface area contributed by atoms with Crippen LogP contribution in [0.15, 0.2) is 60.7 Å². The molecule has 0 spiro atoms. The lowest BCUT2D eigenvalue weighted by Crippen LogP contribution is -2.51. The minimum atomic E-state index is -3.33. The molecule has 0 aliphatic carbocycles. The van der Waals surface area contributed by atoms with E-state index in [1.807, 2.05) is 65.6 Å². The van der Waals surface area contributed by atoms with Crippen LogP contribution in [0.4, 0.5) is 0 Å². The highest BCUT2D eigenvalue weighted by Gasteiger charge is 2.28. The van der Waals surface area contributed by atoms with Gasteiger partial charge in [-0.1, -0.05) is 60.7 Å². The van der Waals surface area contributed by atoms with Crippen LogP contribution < -0.4 is 0 Å². The lowest BCUT2D eigenvalue weighted by atomic mass is 10.2. The summed E-state index contributed by atoms with van der Waals surface area (Å²) in [6.07, 6.45) is 0. The van der Waals surface area contributed by atoms with E-state index in [2.05, 4.69) is 0 Å². The second kappa shape index (κ2) is 9.32. The van der Waals surface area contributed by atoms with Crippen molar-refractivity contribution in [3.05, 3.63) is 71.8 Å². The minimum absolute atomic E-state index is 0.0204. The number of hydrogen-bond donors (Lipinski definition) is 0. The van der Waals surface area contributed by atoms with E-state index in [-0.39, 0.29) is 11.7 Å². The number of likely N-dealkylation sites (N-methyl/N-ethyl adjacent to an activating group) is 1. The van der Waals surface area contributed by atoms with Crippen LogP contribution in [0, 0.1) is 0 Å². The summed E-state index contributed by atoms with van der Waals surface area (Å²) in [4.78, 5) is 16.2. The highest BCUT2D eigenvalue weighted by molar-refractivity contribution is 7.88. The van der Waals surface area contributed by atoms with Crippen LogP contribution in [0.3, 0.4) is 0 Å². The summed E-state index contributed by atoms with van der Waals surface area (Å²) in [5, 5.41) is 0. The first-order chi connectivity index (χ1) is 13.4. The van der Waals surface area contributed by atoms with Gasteiger partial charge in [-0.15, -0.1) is 0 Å². The largest absolute Gasteiger partial charge is 0.340 e. The van der Waals surface area contributed by atoms with Crippen LogP contribution in [0.5, 0.6) is 0 Å². The molecule has 0 bridgehead atoms. The quantitative estimate of drug-likeness (QED) is 0.710. The predicted octanol–water partition coefficient (Wildman–Crippen LogP) is 1.79. The monoisotopic (exact) mass is 401 g/mol. The fourth-order valence-corrected chi connectivity index (χ4v) is 4.82. The van der Waals surface area contributed by atoms with Crippen molar-refractivity contribution in [2.75, 3.05) is 39.8 Å². The molecule has 0 saturated carbocycles. The zero-order valence-corrected chi connectivity index (χ0v) is 17.0. The third kappa shape index (κ3) is 5.64. The van der Waals surface area contributed by atoms with Crippen LogP contribution in [0.25, 0.3) is 0 Å². The molecule has 0 aromatic heterocycles. The average molecular weight is 402 g/mol. The van der Waals surface area contributed by atoms with Gasteiger partial charge < -0.3 is 4.90 Å². The standard InChI is InChI=1S/C21H27N3O3S/c1-22(16-19-8-4-2-5-9-19)21(25)17-23-12-14-24(15-13-23)28(26,27)18-20-10-6-3-7-11-20/h2-11H,12-18H2,1H3. The van der Waals surface area contributed by atoms with Crippen molar-refractivity contribution in [1.29, 1.82) is 0 Å². The molecule has 6 nitrogen and oxygen atoms in total. The molecular formula is C21H27N3O3S. The number of carbonyl (C=O) groups is 1. The first-order valence-corrected chi connectivity index (χ1v) is 11.1. The number of carbonyl (C=O) groups excluding carboxylic acids is 1. The number of piperazine rings is 1. The van der Waals surface area contributed by atoms with Gasteiger partial charge >= 0.3 is 0 Å². The van der Waals surface area contributed by atoms with Gasteiger partial charge in [-0.2, -0.15) is 4.31 Å². The van der Waals surface area contributed by atoms with Gasteiger partial charge in [0.2, 0.25) is 15.9 Å². The van der Waals surface area contributed by atoms with E-state index >= 15 is 0 Å². The molecule has 0 unspecified atom stereocenters. The van der Waals surface area contributed by atoms with Crippen molar-refractivity contribution in [3.63, 3.8) is 0 Å². The Labute approximate surface area is 167 Å². The normalized spacial score (nSPS) is 16.0. The van der Waals surface area contributed by atoms with E-state index < -0.39 is 10.0 Å². The van der Waals surface area contributed by atoms with Crippen molar-refractivity contribution in [3.8, 4) is 0 Å². The van der Waals surface area contributed by atoms with Gasteiger partial charge in [0.25, 0.3) is 0 Å². The van der Waals surface area contributed by atoms with Crippen LogP contribution in [-0.2, 0) is 27.1 Å². The van der Waals surface area contributed by atoms with Crippen molar-refractivity contribution >= 4 is 15.9 Å². The molecule has 150 valence electrons. The summed E-state index contributed by atoms with van der Waals surface area (Å²) in [5.41, 5.74) is 1.89. The second-order valence-corrected chi connectivity index (χ2v) is 9.12. The lowest BCUT2D eigenvalue weighted by Gasteiger charge is -2.34. The Balaban J connectivity index is 1.47. The van der Waals surface area contributed by atoms with E-state index in [0.29, 0.717) is 39.3 Å². The van der Waals surface area contributed by atoms with Crippen molar-refractivity contribution < 1.29 is 13.2 Å². The average Bonchev–Trinajstić information content (AvgIpc) is 2.69. The molecular weight excluding hydrogens is 374 g/mol. The Kier molecular flexibility index (Phi) is 6.83. The Hall–Kier alpha value is -2.22. The van der Waals surface area contributed by atoms with Gasteiger partial charge in [-0.3, -0.25) is 9.69 Å². The summed E-state index contributed by atoms with van der Waals surface area (Å²) in [6.45, 7) is 2.87. The number of sulfonamides is 1. The number of rotatable bonds is 7. The number of amides is 1. The first-order valence-electron chi connectivity index (χ1n) is 9.46. The van der Waals surface area contributed by atoms with Crippen LogP contribution >= 0.6 is 0 Å². The molecule has 2 aromatic carbocycles. The smallest absolute Gasteiger partial charge is 0.236 e. The van der Waals surface area contributed by atoms with Crippen LogP contribution in [-0.4, -0.2) is 68.2 Å². The molecule has 1 fully saturated rings. The Morgan fingerprint density at radius 3 is 2.00 bits per heavy atom. The van der Waals surface area contributed by atoms with Gasteiger partial charge in [0.15, 0.2) is 0 Å². The Morgan fingerprint density at radius 2 is 1.43 bits per heavy atom. The lowest BCUT2D eigenvalue weighted by molar-refractivity contribution is -0.131. The Morgan fingerprint density at radius 1 is 0.893 bits per heavy atom. The highest BCUT2D eigenvalue weighted by Crippen LogP contribution is 2.14. The molecule has 0 radical (unpaired) electrons. The molecule has 1 amide bonds. The fraction of sp³-hybridized carbons (Fsp3) is 0.381. The maximum Gasteiger partial charge on any atom is 0.236 e. The van der Waals surface area contributed by atoms with Gasteiger partial charge in [0.1, 0.15) is 0 Å². The van der Waals surface area contributed by atoms with Crippen molar-refractivity contribution in [2.45, 2.75) is 12.3 Å².